The van der Waals surface area contributed by atoms with Gasteiger partial charge >= 0.3 is 12.1 Å². The fourth-order valence-electron chi connectivity index (χ4n) is 4.84. The quantitative estimate of drug-likeness (QED) is 0.361. The first-order valence-corrected chi connectivity index (χ1v) is 12.5. The lowest BCUT2D eigenvalue weighted by atomic mass is 9.96. The molecule has 7 heteroatoms. The Morgan fingerprint density at radius 2 is 1.49 bits per heavy atom. The summed E-state index contributed by atoms with van der Waals surface area (Å²) in [4.78, 5) is 35.7. The largest absolute Gasteiger partial charge is 0.481 e. The van der Waals surface area contributed by atoms with Crippen LogP contribution in [0.3, 0.4) is 0 Å². The lowest BCUT2D eigenvalue weighted by Crippen LogP contribution is -2.31. The van der Waals surface area contributed by atoms with Crippen molar-refractivity contribution in [3.8, 4) is 11.1 Å². The maximum atomic E-state index is 12.4. The van der Waals surface area contributed by atoms with Crippen molar-refractivity contribution in [1.82, 2.24) is 5.32 Å². The second-order valence-corrected chi connectivity index (χ2v) is 9.65. The Balaban J connectivity index is 1.22. The number of fused-ring (bicyclic) bond motifs is 3. The average molecular weight is 501 g/mol. The van der Waals surface area contributed by atoms with E-state index in [0.29, 0.717) is 12.8 Å². The molecule has 0 unspecified atom stereocenters. The number of carbonyl (C=O) groups excluding carboxylic acids is 2. The summed E-state index contributed by atoms with van der Waals surface area (Å²) >= 11 is 0. The van der Waals surface area contributed by atoms with Crippen LogP contribution in [0.2, 0.25) is 0 Å². The van der Waals surface area contributed by atoms with Gasteiger partial charge in [0.15, 0.2) is 5.78 Å². The number of carbonyl (C=O) groups is 3. The number of ether oxygens (including phenoxy) is 1. The van der Waals surface area contributed by atoms with Gasteiger partial charge in [0.25, 0.3) is 0 Å². The van der Waals surface area contributed by atoms with Crippen molar-refractivity contribution in [2.24, 2.45) is 11.7 Å². The highest BCUT2D eigenvalue weighted by atomic mass is 16.5. The Morgan fingerprint density at radius 3 is 2.08 bits per heavy atom. The Morgan fingerprint density at radius 1 is 0.919 bits per heavy atom. The predicted molar refractivity (Wildman–Crippen MR) is 141 cm³/mol. The van der Waals surface area contributed by atoms with E-state index < -0.39 is 18.0 Å². The van der Waals surface area contributed by atoms with Crippen molar-refractivity contribution in [3.63, 3.8) is 0 Å². The van der Waals surface area contributed by atoms with E-state index in [-0.39, 0.29) is 37.3 Å². The number of hydrogen-bond acceptors (Lipinski definition) is 5. The zero-order valence-electron chi connectivity index (χ0n) is 20.9. The van der Waals surface area contributed by atoms with E-state index in [2.05, 4.69) is 29.6 Å². The van der Waals surface area contributed by atoms with Gasteiger partial charge in [-0.2, -0.15) is 0 Å². The molecule has 3 aromatic carbocycles. The van der Waals surface area contributed by atoms with E-state index in [1.807, 2.05) is 48.5 Å². The number of amides is 1. The third-order valence-corrected chi connectivity index (χ3v) is 6.77. The molecule has 3 aromatic rings. The fourth-order valence-corrected chi connectivity index (χ4v) is 4.84. The first-order valence-electron chi connectivity index (χ1n) is 12.5. The third-order valence-electron chi connectivity index (χ3n) is 6.77. The Hall–Kier alpha value is -3.97. The number of ketones is 1. The normalized spacial score (nSPS) is 13.8. The summed E-state index contributed by atoms with van der Waals surface area (Å²) in [6.45, 7) is 1.73. The molecular formula is C30H32N2O5. The van der Waals surface area contributed by atoms with Crippen molar-refractivity contribution >= 4 is 17.8 Å². The zero-order valence-corrected chi connectivity index (χ0v) is 20.9. The maximum absolute atomic E-state index is 12.4. The van der Waals surface area contributed by atoms with Crippen molar-refractivity contribution in [3.05, 3.63) is 95.1 Å². The first-order chi connectivity index (χ1) is 17.8. The lowest BCUT2D eigenvalue weighted by Gasteiger charge is -2.15. The number of carboxylic acid groups (broad SMARTS) is 1. The molecular weight excluding hydrogens is 468 g/mol. The molecule has 0 aliphatic heterocycles. The highest BCUT2D eigenvalue weighted by Crippen LogP contribution is 2.44. The van der Waals surface area contributed by atoms with E-state index in [4.69, 9.17) is 15.6 Å². The molecule has 0 saturated heterocycles. The van der Waals surface area contributed by atoms with Crippen molar-refractivity contribution in [2.75, 3.05) is 13.2 Å². The van der Waals surface area contributed by atoms with Crippen LogP contribution in [0.1, 0.15) is 41.5 Å². The second kappa shape index (κ2) is 11.8. The molecule has 7 nitrogen and oxygen atoms in total. The molecule has 0 spiro atoms. The molecule has 0 radical (unpaired) electrons. The summed E-state index contributed by atoms with van der Waals surface area (Å²) in [5.74, 6) is -1.51. The number of alkyl carbamates (subject to hydrolysis) is 1. The van der Waals surface area contributed by atoms with Gasteiger partial charge in [0.05, 0.1) is 12.5 Å². The molecule has 4 N–H and O–H groups in total. The van der Waals surface area contributed by atoms with Gasteiger partial charge in [0.2, 0.25) is 0 Å². The lowest BCUT2D eigenvalue weighted by molar-refractivity contribution is -0.141. The summed E-state index contributed by atoms with van der Waals surface area (Å²) in [6.07, 6.45) is 0.536. The van der Waals surface area contributed by atoms with Gasteiger partial charge in [-0.25, -0.2) is 4.79 Å². The number of nitrogens with one attached hydrogen (secondary N) is 1. The average Bonchev–Trinajstić information content (AvgIpc) is 3.21. The van der Waals surface area contributed by atoms with Crippen LogP contribution in [0, 0.1) is 5.92 Å². The molecule has 4 rings (SSSR count). The van der Waals surface area contributed by atoms with Gasteiger partial charge in [-0.05, 0) is 46.2 Å². The first kappa shape index (κ1) is 26.1. The van der Waals surface area contributed by atoms with Crippen LogP contribution in [-0.4, -0.2) is 42.1 Å². The van der Waals surface area contributed by atoms with E-state index in [1.54, 1.807) is 6.92 Å². The minimum Gasteiger partial charge on any atom is -0.481 e. The van der Waals surface area contributed by atoms with Gasteiger partial charge in [0, 0.05) is 18.4 Å². The zero-order chi connectivity index (χ0) is 26.4. The molecule has 0 fully saturated rings. The topological polar surface area (TPSA) is 119 Å². The van der Waals surface area contributed by atoms with Gasteiger partial charge in [0.1, 0.15) is 6.61 Å². The van der Waals surface area contributed by atoms with Crippen LogP contribution >= 0.6 is 0 Å². The summed E-state index contributed by atoms with van der Waals surface area (Å²) in [6, 6.07) is 23.5. The minimum absolute atomic E-state index is 0.0344. The van der Waals surface area contributed by atoms with Crippen LogP contribution in [0.5, 0.6) is 0 Å². The van der Waals surface area contributed by atoms with Crippen LogP contribution in [0.4, 0.5) is 4.79 Å². The van der Waals surface area contributed by atoms with Gasteiger partial charge < -0.3 is 20.9 Å². The van der Waals surface area contributed by atoms with Crippen LogP contribution < -0.4 is 11.1 Å². The second-order valence-electron chi connectivity index (χ2n) is 9.65. The molecule has 0 saturated carbocycles. The molecule has 37 heavy (non-hydrogen) atoms. The Kier molecular flexibility index (Phi) is 8.36. The van der Waals surface area contributed by atoms with E-state index in [9.17, 15) is 14.4 Å². The van der Waals surface area contributed by atoms with Crippen molar-refractivity contribution in [2.45, 2.75) is 38.1 Å². The fraction of sp³-hybridized carbons (Fsp3) is 0.300. The minimum atomic E-state index is -0.851. The van der Waals surface area contributed by atoms with Gasteiger partial charge in [-0.1, -0.05) is 79.7 Å². The maximum Gasteiger partial charge on any atom is 0.407 e. The predicted octanol–water partition coefficient (Wildman–Crippen LogP) is 4.32. The summed E-state index contributed by atoms with van der Waals surface area (Å²) in [5, 5.41) is 11.6. The molecule has 2 atom stereocenters. The number of nitrogens with two attached hydrogens (primary N) is 1. The molecule has 192 valence electrons. The number of carboxylic acids is 1. The SMILES string of the molecule is C[C@@H](C[C@@H](N)Cc1ccc(CC(=O)CNC(=O)OCC2c3ccccc3-c3ccccc32)cc1)C(=O)O. The standard InChI is InChI=1S/C30H32N2O5/c1-19(29(34)35)14-22(31)15-20-10-12-21(13-11-20)16-23(33)17-32-30(36)37-18-28-26-8-4-2-6-24(26)25-7-3-5-9-27(25)28/h2-13,19,22,28H,14-18,31H2,1H3,(H,32,36)(H,34,35)/t19-,22+/m0/s1. The smallest absolute Gasteiger partial charge is 0.407 e. The number of rotatable bonds is 11. The highest BCUT2D eigenvalue weighted by molar-refractivity contribution is 5.86. The van der Waals surface area contributed by atoms with E-state index >= 15 is 0 Å². The van der Waals surface area contributed by atoms with Crippen molar-refractivity contribution < 1.29 is 24.2 Å². The molecule has 1 aliphatic rings. The molecule has 0 heterocycles. The van der Waals surface area contributed by atoms with E-state index in [0.717, 1.165) is 33.4 Å². The van der Waals surface area contributed by atoms with Gasteiger partial charge in [-0.15, -0.1) is 0 Å². The monoisotopic (exact) mass is 500 g/mol. The molecule has 0 bridgehead atoms. The van der Waals surface area contributed by atoms with Crippen LogP contribution in [0.15, 0.2) is 72.8 Å². The van der Waals surface area contributed by atoms with Gasteiger partial charge in [-0.3, -0.25) is 9.59 Å². The summed E-state index contributed by atoms with van der Waals surface area (Å²) in [7, 11) is 0. The third kappa shape index (κ3) is 6.62. The summed E-state index contributed by atoms with van der Waals surface area (Å²) < 4.78 is 5.48. The Bertz CT molecular complexity index is 1230. The summed E-state index contributed by atoms with van der Waals surface area (Å²) in [5.41, 5.74) is 12.5. The van der Waals surface area contributed by atoms with Crippen LogP contribution in [-0.2, 0) is 27.2 Å². The Labute approximate surface area is 216 Å². The molecule has 1 aliphatic carbocycles. The van der Waals surface area contributed by atoms with E-state index in [1.165, 1.54) is 0 Å². The van der Waals surface area contributed by atoms with Crippen LogP contribution in [0.25, 0.3) is 11.1 Å². The number of Topliss-reactive ketones (excluding diaryl/α,β-unsaturated/α-hetero) is 1. The number of aliphatic carboxylic acids is 1. The number of benzene rings is 3. The molecule has 0 aromatic heterocycles. The highest BCUT2D eigenvalue weighted by Gasteiger charge is 2.29. The molecule has 1 amide bonds. The van der Waals surface area contributed by atoms with Crippen molar-refractivity contribution in [1.29, 1.82) is 0 Å². The number of hydrogen-bond donors (Lipinski definition) is 3.